The molecule has 3 aromatic heterocycles. The topological polar surface area (TPSA) is 126 Å². The molecule has 0 saturated heterocycles. The van der Waals surface area contributed by atoms with E-state index in [0.29, 0.717) is 45.2 Å². The fraction of sp³-hybridized carbons (Fsp3) is 0.138. The summed E-state index contributed by atoms with van der Waals surface area (Å²) in [6.45, 7) is 5.97. The van der Waals surface area contributed by atoms with Crippen molar-refractivity contribution in [1.29, 1.82) is 0 Å². The first-order valence-corrected chi connectivity index (χ1v) is 12.1. The predicted octanol–water partition coefficient (Wildman–Crippen LogP) is 3.22. The van der Waals surface area contributed by atoms with Gasteiger partial charge in [-0.1, -0.05) is 42.7 Å². The van der Waals surface area contributed by atoms with Gasteiger partial charge in [0.1, 0.15) is 11.5 Å². The maximum atomic E-state index is 14.1. The quantitative estimate of drug-likeness (QED) is 0.328. The Morgan fingerprint density at radius 1 is 1.10 bits per heavy atom. The minimum atomic E-state index is -0.455. The van der Waals surface area contributed by atoms with Gasteiger partial charge in [-0.15, -0.1) is 0 Å². The van der Waals surface area contributed by atoms with Crippen molar-refractivity contribution in [1.82, 2.24) is 34.6 Å². The van der Waals surface area contributed by atoms with Crippen LogP contribution >= 0.6 is 0 Å². The number of para-hydroxylation sites is 1. The number of aryl methyl sites for hydroxylation is 1. The molecule has 5 aromatic rings. The first-order valence-electron chi connectivity index (χ1n) is 12.1. The number of rotatable bonds is 6. The summed E-state index contributed by atoms with van der Waals surface area (Å²) in [4.78, 5) is 27.5. The number of fused-ring (bicyclic) bond motifs is 1. The zero-order chi connectivity index (χ0) is 27.5. The molecule has 10 nitrogen and oxygen atoms in total. The largest absolute Gasteiger partial charge is 0.480 e. The van der Waals surface area contributed by atoms with Gasteiger partial charge < -0.3 is 15.8 Å². The van der Waals surface area contributed by atoms with Crippen LogP contribution in [-0.4, -0.2) is 36.4 Å². The monoisotopic (exact) mass is 518 g/mol. The van der Waals surface area contributed by atoms with E-state index in [1.807, 2.05) is 62.6 Å². The van der Waals surface area contributed by atoms with Gasteiger partial charge in [-0.25, -0.2) is 9.97 Å². The standard InChI is InChI=1S/C29H26N8O2/c1-18(26-27(30)35-24(39-4)16-31-26)33-19(2)28-34-23-12-8-9-21(14-13-20-15-32-36(3)17-20)25(23)29(38)37(28)22-10-6-5-7-11-22/h5-12,15-17,19,33H,1H2,2-4H3,(H2,30,35)/t19-/m0/s1. The normalized spacial score (nSPS) is 11.5. The second kappa shape index (κ2) is 10.5. The van der Waals surface area contributed by atoms with E-state index in [0.717, 1.165) is 5.56 Å². The van der Waals surface area contributed by atoms with Gasteiger partial charge in [-0.2, -0.15) is 10.1 Å². The molecular weight excluding hydrogens is 492 g/mol. The van der Waals surface area contributed by atoms with Crippen LogP contribution in [0, 0.1) is 11.8 Å². The number of aromatic nitrogens is 6. The molecule has 0 aliphatic heterocycles. The molecule has 2 aromatic carbocycles. The summed E-state index contributed by atoms with van der Waals surface area (Å²) in [5, 5.41) is 7.86. The molecule has 0 spiro atoms. The number of methoxy groups -OCH3 is 1. The molecular formula is C29H26N8O2. The van der Waals surface area contributed by atoms with Crippen LogP contribution in [0.1, 0.15) is 35.6 Å². The Bertz CT molecular complexity index is 1810. The van der Waals surface area contributed by atoms with Gasteiger partial charge in [0.2, 0.25) is 5.88 Å². The van der Waals surface area contributed by atoms with E-state index in [2.05, 4.69) is 38.8 Å². The van der Waals surface area contributed by atoms with E-state index < -0.39 is 6.04 Å². The molecule has 0 amide bonds. The number of hydrogen-bond donors (Lipinski definition) is 2. The number of nitrogens with two attached hydrogens (primary N) is 1. The Morgan fingerprint density at radius 2 is 1.90 bits per heavy atom. The van der Waals surface area contributed by atoms with Crippen molar-refractivity contribution in [2.24, 2.45) is 7.05 Å². The number of nitrogen functional groups attached to an aromatic ring is 1. The Labute approximate surface area is 224 Å². The SMILES string of the molecule is C=C(N[C@@H](C)c1nc2cccc(C#Cc3cnn(C)c3)c2c(=O)n1-c1ccccc1)c1ncc(OC)nc1N. The van der Waals surface area contributed by atoms with Crippen LogP contribution in [0.4, 0.5) is 5.82 Å². The van der Waals surface area contributed by atoms with Crippen LogP contribution in [0.3, 0.4) is 0 Å². The number of hydrogen-bond acceptors (Lipinski definition) is 8. The number of nitrogens with zero attached hydrogens (tertiary/aromatic N) is 6. The number of benzene rings is 2. The molecule has 3 N–H and O–H groups in total. The van der Waals surface area contributed by atoms with Gasteiger partial charge in [0.15, 0.2) is 5.82 Å². The molecule has 0 aliphatic carbocycles. The van der Waals surface area contributed by atoms with Gasteiger partial charge in [0.05, 0.1) is 53.4 Å². The molecule has 3 heterocycles. The molecule has 0 radical (unpaired) electrons. The van der Waals surface area contributed by atoms with Crippen molar-refractivity contribution < 1.29 is 4.74 Å². The van der Waals surface area contributed by atoms with E-state index >= 15 is 0 Å². The van der Waals surface area contributed by atoms with E-state index in [-0.39, 0.29) is 11.4 Å². The lowest BCUT2D eigenvalue weighted by atomic mass is 10.1. The third-order valence-electron chi connectivity index (χ3n) is 6.03. The predicted molar refractivity (Wildman–Crippen MR) is 150 cm³/mol. The summed E-state index contributed by atoms with van der Waals surface area (Å²) in [6, 6.07) is 14.4. The van der Waals surface area contributed by atoms with Gasteiger partial charge in [0.25, 0.3) is 5.56 Å². The average molecular weight is 519 g/mol. The highest BCUT2D eigenvalue weighted by molar-refractivity contribution is 5.85. The molecule has 0 saturated carbocycles. The van der Waals surface area contributed by atoms with Gasteiger partial charge in [0, 0.05) is 18.8 Å². The zero-order valence-corrected chi connectivity index (χ0v) is 21.7. The lowest BCUT2D eigenvalue weighted by Gasteiger charge is -2.22. The van der Waals surface area contributed by atoms with Crippen molar-refractivity contribution in [2.45, 2.75) is 13.0 Å². The fourth-order valence-corrected chi connectivity index (χ4v) is 4.21. The van der Waals surface area contributed by atoms with Gasteiger partial charge >= 0.3 is 0 Å². The zero-order valence-electron chi connectivity index (χ0n) is 21.7. The second-order valence-corrected chi connectivity index (χ2v) is 8.79. The van der Waals surface area contributed by atoms with Crippen LogP contribution in [0.25, 0.3) is 22.3 Å². The lowest BCUT2D eigenvalue weighted by molar-refractivity contribution is 0.396. The summed E-state index contributed by atoms with van der Waals surface area (Å²) in [5.41, 5.74) is 9.18. The maximum Gasteiger partial charge on any atom is 0.267 e. The highest BCUT2D eigenvalue weighted by atomic mass is 16.5. The smallest absolute Gasteiger partial charge is 0.267 e. The highest BCUT2D eigenvalue weighted by Gasteiger charge is 2.21. The third-order valence-corrected chi connectivity index (χ3v) is 6.03. The molecule has 39 heavy (non-hydrogen) atoms. The van der Waals surface area contributed by atoms with E-state index in [1.165, 1.54) is 13.3 Å². The van der Waals surface area contributed by atoms with Crippen LogP contribution in [0.5, 0.6) is 5.88 Å². The Morgan fingerprint density at radius 3 is 2.59 bits per heavy atom. The molecule has 0 bridgehead atoms. The minimum absolute atomic E-state index is 0.169. The Balaban J connectivity index is 1.62. The van der Waals surface area contributed by atoms with E-state index in [1.54, 1.807) is 21.5 Å². The minimum Gasteiger partial charge on any atom is -0.480 e. The molecule has 0 aliphatic rings. The van der Waals surface area contributed by atoms with Crippen molar-refractivity contribution in [2.75, 3.05) is 12.8 Å². The van der Waals surface area contributed by atoms with E-state index in [4.69, 9.17) is 15.5 Å². The summed E-state index contributed by atoms with van der Waals surface area (Å²) >= 11 is 0. The molecule has 5 rings (SSSR count). The van der Waals surface area contributed by atoms with Crippen molar-refractivity contribution in [3.8, 4) is 23.4 Å². The van der Waals surface area contributed by atoms with Crippen molar-refractivity contribution in [3.05, 3.63) is 107 Å². The summed E-state index contributed by atoms with van der Waals surface area (Å²) < 4.78 is 8.35. The first kappa shape index (κ1) is 25.2. The van der Waals surface area contributed by atoms with Gasteiger partial charge in [-0.05, 0) is 31.2 Å². The van der Waals surface area contributed by atoms with Gasteiger partial charge in [-0.3, -0.25) is 14.0 Å². The van der Waals surface area contributed by atoms with Crippen molar-refractivity contribution >= 4 is 22.4 Å². The molecule has 0 fully saturated rings. The molecule has 0 unspecified atom stereocenters. The fourth-order valence-electron chi connectivity index (χ4n) is 4.21. The lowest BCUT2D eigenvalue weighted by Crippen LogP contribution is -2.30. The van der Waals surface area contributed by atoms with Crippen LogP contribution in [-0.2, 0) is 7.05 Å². The average Bonchev–Trinajstić information content (AvgIpc) is 3.36. The summed E-state index contributed by atoms with van der Waals surface area (Å²) in [5.74, 6) is 7.17. The second-order valence-electron chi connectivity index (χ2n) is 8.79. The first-order chi connectivity index (χ1) is 18.9. The summed E-state index contributed by atoms with van der Waals surface area (Å²) in [6.07, 6.45) is 4.96. The van der Waals surface area contributed by atoms with Crippen LogP contribution in [0.2, 0.25) is 0 Å². The molecule has 10 heteroatoms. The van der Waals surface area contributed by atoms with E-state index in [9.17, 15) is 4.79 Å². The highest BCUT2D eigenvalue weighted by Crippen LogP contribution is 2.23. The Kier molecular flexibility index (Phi) is 6.80. The van der Waals surface area contributed by atoms with Crippen molar-refractivity contribution in [3.63, 3.8) is 0 Å². The summed E-state index contributed by atoms with van der Waals surface area (Å²) in [7, 11) is 3.31. The van der Waals surface area contributed by atoms with Crippen LogP contribution < -0.4 is 21.3 Å². The molecule has 1 atom stereocenters. The Hall–Kier alpha value is -5.43. The number of ether oxygens (including phenoxy) is 1. The van der Waals surface area contributed by atoms with Crippen LogP contribution in [0.15, 0.2) is 78.5 Å². The number of nitrogens with one attached hydrogen (secondary N) is 1. The maximum absolute atomic E-state index is 14.1. The number of anilines is 1. The molecule has 194 valence electrons. The third kappa shape index (κ3) is 5.06.